The van der Waals surface area contributed by atoms with Gasteiger partial charge in [0.15, 0.2) is 5.84 Å². The van der Waals surface area contributed by atoms with Crippen LogP contribution in [0.25, 0.3) is 0 Å². The molecule has 1 amide bonds. The minimum atomic E-state index is -0.982. The number of nitrogens with two attached hydrogens (primary N) is 1. The van der Waals surface area contributed by atoms with E-state index in [2.05, 4.69) is 10.5 Å². The molecule has 0 radical (unpaired) electrons. The first-order chi connectivity index (χ1) is 9.99. The van der Waals surface area contributed by atoms with Crippen LogP contribution in [0.3, 0.4) is 0 Å². The fourth-order valence-electron chi connectivity index (χ4n) is 2.68. The molecule has 2 rings (SSSR count). The number of nitrogens with one attached hydrogen (secondary N) is 1. The topological polar surface area (TPSA) is 87.7 Å². The van der Waals surface area contributed by atoms with Crippen molar-refractivity contribution in [3.05, 3.63) is 27.6 Å². The molecule has 1 aromatic carbocycles. The zero-order valence-corrected chi connectivity index (χ0v) is 13.6. The fraction of sp³-hybridized carbons (Fsp3) is 0.429. The lowest BCUT2D eigenvalue weighted by atomic mass is 9.72. The van der Waals surface area contributed by atoms with Gasteiger partial charge in [-0.15, -0.1) is 0 Å². The van der Waals surface area contributed by atoms with E-state index in [1.54, 1.807) is 0 Å². The molecule has 0 unspecified atom stereocenters. The van der Waals surface area contributed by atoms with Gasteiger partial charge in [-0.1, -0.05) is 24.4 Å². The number of amides is 1. The second kappa shape index (κ2) is 6.59. The molecule has 4 N–H and O–H groups in total. The monoisotopic (exact) mass is 405 g/mol. The summed E-state index contributed by atoms with van der Waals surface area (Å²) >= 11 is 1.96. The molecule has 1 aromatic rings. The van der Waals surface area contributed by atoms with Crippen LogP contribution in [-0.2, 0) is 4.79 Å². The number of anilines is 1. The van der Waals surface area contributed by atoms with Crippen LogP contribution in [0.5, 0.6) is 0 Å². The second-order valence-electron chi connectivity index (χ2n) is 5.21. The lowest BCUT2D eigenvalue weighted by molar-refractivity contribution is -0.123. The predicted molar refractivity (Wildman–Crippen MR) is 86.7 cm³/mol. The molecule has 0 saturated heterocycles. The molecular weight excluding hydrogens is 388 g/mol. The molecule has 5 nitrogen and oxygen atoms in total. The van der Waals surface area contributed by atoms with Crippen molar-refractivity contribution >= 4 is 40.0 Å². The normalized spacial score (nSPS) is 18.3. The maximum Gasteiger partial charge on any atom is 0.238 e. The van der Waals surface area contributed by atoms with Gasteiger partial charge in [-0.3, -0.25) is 4.79 Å². The van der Waals surface area contributed by atoms with Crippen molar-refractivity contribution in [2.45, 2.75) is 32.1 Å². The van der Waals surface area contributed by atoms with Crippen LogP contribution < -0.4 is 11.1 Å². The Bertz CT molecular complexity index is 571. The fourth-order valence-corrected chi connectivity index (χ4v) is 3.30. The number of rotatable bonds is 3. The standard InChI is InChI=1S/C14H17FIN3O2/c15-9-4-5-11(10(16)8-9)18-13(20)14(12(17)19-21)6-2-1-3-7-14/h4-5,8,21H,1-3,6-7H2,(H2,17,19)(H,18,20). The third kappa shape index (κ3) is 3.28. The number of hydrogen-bond acceptors (Lipinski definition) is 3. The maximum atomic E-state index is 13.1. The van der Waals surface area contributed by atoms with Crippen LogP contribution in [0.15, 0.2) is 23.4 Å². The average molecular weight is 405 g/mol. The molecule has 0 heterocycles. The Morgan fingerprint density at radius 2 is 2.05 bits per heavy atom. The smallest absolute Gasteiger partial charge is 0.238 e. The van der Waals surface area contributed by atoms with E-state index in [9.17, 15) is 9.18 Å². The molecule has 1 aliphatic rings. The van der Waals surface area contributed by atoms with Gasteiger partial charge in [0.05, 0.1) is 5.69 Å². The van der Waals surface area contributed by atoms with Crippen molar-refractivity contribution in [1.82, 2.24) is 0 Å². The van der Waals surface area contributed by atoms with E-state index in [1.165, 1.54) is 18.2 Å². The zero-order chi connectivity index (χ0) is 15.5. The first-order valence-corrected chi connectivity index (χ1v) is 7.82. The number of carbonyl (C=O) groups is 1. The van der Waals surface area contributed by atoms with Crippen LogP contribution in [-0.4, -0.2) is 17.0 Å². The summed E-state index contributed by atoms with van der Waals surface area (Å²) in [5.41, 5.74) is 5.32. The Balaban J connectivity index is 2.27. The van der Waals surface area contributed by atoms with Gasteiger partial charge in [0, 0.05) is 3.57 Å². The lowest BCUT2D eigenvalue weighted by Gasteiger charge is -2.34. The number of halogens is 2. The molecule has 1 aliphatic carbocycles. The van der Waals surface area contributed by atoms with Gasteiger partial charge < -0.3 is 16.3 Å². The number of benzene rings is 1. The third-order valence-corrected chi connectivity index (χ3v) is 4.81. The summed E-state index contributed by atoms with van der Waals surface area (Å²) in [5, 5.41) is 14.8. The maximum absolute atomic E-state index is 13.1. The number of oxime groups is 1. The van der Waals surface area contributed by atoms with E-state index in [1.807, 2.05) is 22.6 Å². The summed E-state index contributed by atoms with van der Waals surface area (Å²) in [6, 6.07) is 4.14. The average Bonchev–Trinajstić information content (AvgIpc) is 2.49. The summed E-state index contributed by atoms with van der Waals surface area (Å²) in [6.45, 7) is 0. The van der Waals surface area contributed by atoms with E-state index >= 15 is 0 Å². The van der Waals surface area contributed by atoms with Gasteiger partial charge in [0.1, 0.15) is 11.2 Å². The Morgan fingerprint density at radius 1 is 1.38 bits per heavy atom. The lowest BCUT2D eigenvalue weighted by Crippen LogP contribution is -2.48. The molecule has 0 aliphatic heterocycles. The van der Waals surface area contributed by atoms with Crippen LogP contribution in [0.1, 0.15) is 32.1 Å². The van der Waals surface area contributed by atoms with Crippen LogP contribution in [0, 0.1) is 14.8 Å². The Morgan fingerprint density at radius 3 is 2.62 bits per heavy atom. The van der Waals surface area contributed by atoms with Crippen LogP contribution >= 0.6 is 22.6 Å². The molecule has 0 atom stereocenters. The summed E-state index contributed by atoms with van der Waals surface area (Å²) in [5.74, 6) is -0.722. The van der Waals surface area contributed by atoms with Gasteiger partial charge >= 0.3 is 0 Å². The quantitative estimate of drug-likeness (QED) is 0.238. The second-order valence-corrected chi connectivity index (χ2v) is 6.37. The first kappa shape index (κ1) is 16.0. The van der Waals surface area contributed by atoms with Crippen LogP contribution in [0.2, 0.25) is 0 Å². The summed E-state index contributed by atoms with van der Waals surface area (Å²) in [4.78, 5) is 12.6. The summed E-state index contributed by atoms with van der Waals surface area (Å²) < 4.78 is 13.7. The van der Waals surface area contributed by atoms with E-state index < -0.39 is 5.41 Å². The highest BCUT2D eigenvalue weighted by atomic mass is 127. The molecule has 1 saturated carbocycles. The molecular formula is C14H17FIN3O2. The minimum Gasteiger partial charge on any atom is -0.409 e. The third-order valence-electron chi connectivity index (χ3n) is 3.92. The molecule has 21 heavy (non-hydrogen) atoms. The highest BCUT2D eigenvalue weighted by Crippen LogP contribution is 2.38. The number of nitrogens with zero attached hydrogens (tertiary/aromatic N) is 1. The van der Waals surface area contributed by atoms with Gasteiger partial charge in [-0.2, -0.15) is 0 Å². The van der Waals surface area contributed by atoms with E-state index in [-0.39, 0.29) is 17.6 Å². The zero-order valence-electron chi connectivity index (χ0n) is 11.4. The van der Waals surface area contributed by atoms with Crippen molar-refractivity contribution in [2.75, 3.05) is 5.32 Å². The van der Waals surface area contributed by atoms with Crippen molar-refractivity contribution < 1.29 is 14.4 Å². The Hall–Kier alpha value is -1.38. The van der Waals surface area contributed by atoms with Crippen LogP contribution in [0.4, 0.5) is 10.1 Å². The summed E-state index contributed by atoms with van der Waals surface area (Å²) in [6.07, 6.45) is 3.83. The van der Waals surface area contributed by atoms with Gasteiger partial charge in [0.25, 0.3) is 0 Å². The SMILES string of the molecule is NC(=NO)C1(C(=O)Nc2ccc(F)cc2I)CCCCC1. The van der Waals surface area contributed by atoms with Gasteiger partial charge in [0.2, 0.25) is 5.91 Å². The van der Waals surface area contributed by atoms with E-state index in [4.69, 9.17) is 10.9 Å². The Labute approximate surface area is 135 Å². The molecule has 1 fully saturated rings. The number of amidine groups is 1. The molecule has 0 aromatic heterocycles. The first-order valence-electron chi connectivity index (χ1n) is 6.74. The van der Waals surface area contributed by atoms with E-state index in [0.717, 1.165) is 19.3 Å². The number of carbonyl (C=O) groups excluding carboxylic acids is 1. The molecule has 114 valence electrons. The summed E-state index contributed by atoms with van der Waals surface area (Å²) in [7, 11) is 0. The van der Waals surface area contributed by atoms with Crippen molar-refractivity contribution in [2.24, 2.45) is 16.3 Å². The van der Waals surface area contributed by atoms with Crippen molar-refractivity contribution in [1.29, 1.82) is 0 Å². The van der Waals surface area contributed by atoms with E-state index in [0.29, 0.717) is 22.1 Å². The number of hydrogen-bond donors (Lipinski definition) is 3. The van der Waals surface area contributed by atoms with Crippen molar-refractivity contribution in [3.8, 4) is 0 Å². The largest absolute Gasteiger partial charge is 0.409 e. The Kier molecular flexibility index (Phi) is 5.02. The van der Waals surface area contributed by atoms with Crippen molar-refractivity contribution in [3.63, 3.8) is 0 Å². The highest BCUT2D eigenvalue weighted by molar-refractivity contribution is 14.1. The minimum absolute atomic E-state index is 0.0585. The molecule has 0 bridgehead atoms. The molecule has 0 spiro atoms. The van der Waals surface area contributed by atoms with Gasteiger partial charge in [-0.05, 0) is 53.6 Å². The molecule has 7 heteroatoms. The predicted octanol–water partition coefficient (Wildman–Crippen LogP) is 3.07. The highest BCUT2D eigenvalue weighted by Gasteiger charge is 2.44. The van der Waals surface area contributed by atoms with Gasteiger partial charge in [-0.25, -0.2) is 4.39 Å².